The molecule has 0 unspecified atom stereocenters. The molecule has 15 heavy (non-hydrogen) atoms. The zero-order valence-corrected chi connectivity index (χ0v) is 9.93. The van der Waals surface area contributed by atoms with Crippen LogP contribution in [0, 0.1) is 0 Å². The van der Waals surface area contributed by atoms with Crippen molar-refractivity contribution in [2.75, 3.05) is 0 Å². The van der Waals surface area contributed by atoms with E-state index in [2.05, 4.69) is 12.2 Å². The molecule has 0 bridgehead atoms. The van der Waals surface area contributed by atoms with Gasteiger partial charge in [-0.3, -0.25) is 0 Å². The molecule has 0 atom stereocenters. The molecule has 0 spiro atoms. The molecule has 0 saturated carbocycles. The molecule has 0 radical (unpaired) electrons. The van der Waals surface area contributed by atoms with Crippen LogP contribution in [0.4, 0.5) is 0 Å². The van der Waals surface area contributed by atoms with Crippen LogP contribution < -0.4 is 0 Å². The normalized spacial score (nSPS) is 23.7. The summed E-state index contributed by atoms with van der Waals surface area (Å²) in [4.78, 5) is 0. The Labute approximate surface area is 94.5 Å². The maximum absolute atomic E-state index is 2.53. The van der Waals surface area contributed by atoms with E-state index in [-0.39, 0.29) is 0 Å². The molecule has 0 nitrogen and oxygen atoms in total. The third-order valence-corrected chi connectivity index (χ3v) is 3.72. The summed E-state index contributed by atoms with van der Waals surface area (Å²) in [6.07, 6.45) is 20.4. The quantitative estimate of drug-likeness (QED) is 0.545. The molecular weight excluding hydrogens is 180 g/mol. The molecule has 2 aliphatic carbocycles. The molecule has 0 aromatic carbocycles. The summed E-state index contributed by atoms with van der Waals surface area (Å²) in [5, 5.41) is 0. The third kappa shape index (κ3) is 3.85. The lowest BCUT2D eigenvalue weighted by molar-refractivity contribution is 0.695. The topological polar surface area (TPSA) is 0 Å². The number of hydrogen-bond acceptors (Lipinski definition) is 0. The molecule has 0 heterocycles. The number of rotatable bonds is 2. The van der Waals surface area contributed by atoms with Gasteiger partial charge in [-0.05, 0) is 57.8 Å². The molecule has 2 aliphatic rings. The molecule has 0 aliphatic heterocycles. The largest absolute Gasteiger partial charge is 0.0850 e. The first-order valence-electron chi connectivity index (χ1n) is 6.81. The van der Waals surface area contributed by atoms with Crippen LogP contribution in [-0.4, -0.2) is 0 Å². The van der Waals surface area contributed by atoms with E-state index >= 15 is 0 Å². The van der Waals surface area contributed by atoms with Gasteiger partial charge in [-0.2, -0.15) is 0 Å². The molecule has 0 heteroatoms. The summed E-state index contributed by atoms with van der Waals surface area (Å²) in [7, 11) is 0. The summed E-state index contributed by atoms with van der Waals surface area (Å²) in [6, 6.07) is 0. The fourth-order valence-electron chi connectivity index (χ4n) is 2.78. The minimum absolute atomic E-state index is 1.31. The van der Waals surface area contributed by atoms with Crippen molar-refractivity contribution >= 4 is 0 Å². The second-order valence-electron chi connectivity index (χ2n) is 5.10. The Hall–Kier alpha value is -0.520. The van der Waals surface area contributed by atoms with Gasteiger partial charge in [-0.25, -0.2) is 0 Å². The highest BCUT2D eigenvalue weighted by Gasteiger charge is 2.07. The van der Waals surface area contributed by atoms with Gasteiger partial charge in [0.25, 0.3) is 0 Å². The standard InChI is InChI=1S/C15H24/c1-2-6-10-14(9-5-1)13-15-11-7-3-4-8-12-15/h9,11H,1-8,10,12-13H2. The van der Waals surface area contributed by atoms with Gasteiger partial charge in [0.1, 0.15) is 0 Å². The Bertz CT molecular complexity index is 219. The van der Waals surface area contributed by atoms with E-state index in [1.165, 1.54) is 70.6 Å². The van der Waals surface area contributed by atoms with Crippen molar-refractivity contribution < 1.29 is 0 Å². The first kappa shape index (κ1) is 11.0. The van der Waals surface area contributed by atoms with Crippen molar-refractivity contribution in [1.82, 2.24) is 0 Å². The molecule has 2 rings (SSSR count). The van der Waals surface area contributed by atoms with Crippen LogP contribution in [0.3, 0.4) is 0 Å². The first-order valence-corrected chi connectivity index (χ1v) is 6.81. The van der Waals surface area contributed by atoms with Crippen LogP contribution >= 0.6 is 0 Å². The lowest BCUT2D eigenvalue weighted by Crippen LogP contribution is -1.88. The first-order chi connectivity index (χ1) is 7.45. The second kappa shape index (κ2) is 6.15. The summed E-state index contributed by atoms with van der Waals surface area (Å²) < 4.78 is 0. The van der Waals surface area contributed by atoms with Gasteiger partial charge in [-0.1, -0.05) is 36.1 Å². The van der Waals surface area contributed by atoms with E-state index in [1.54, 1.807) is 11.1 Å². The van der Waals surface area contributed by atoms with E-state index in [1.807, 2.05) is 0 Å². The predicted molar refractivity (Wildman–Crippen MR) is 67.0 cm³/mol. The van der Waals surface area contributed by atoms with Crippen LogP contribution in [0.1, 0.15) is 70.6 Å². The van der Waals surface area contributed by atoms with E-state index < -0.39 is 0 Å². The molecule has 0 fully saturated rings. The lowest BCUT2D eigenvalue weighted by Gasteiger charge is -2.08. The maximum Gasteiger partial charge on any atom is -0.0108 e. The average Bonchev–Trinajstić information content (AvgIpc) is 2.63. The van der Waals surface area contributed by atoms with Gasteiger partial charge in [0.05, 0.1) is 0 Å². The van der Waals surface area contributed by atoms with Gasteiger partial charge in [0, 0.05) is 0 Å². The summed E-state index contributed by atoms with van der Waals surface area (Å²) >= 11 is 0. The van der Waals surface area contributed by atoms with Gasteiger partial charge < -0.3 is 0 Å². The van der Waals surface area contributed by atoms with Crippen molar-refractivity contribution in [2.24, 2.45) is 0 Å². The zero-order valence-electron chi connectivity index (χ0n) is 9.93. The highest BCUT2D eigenvalue weighted by Crippen LogP contribution is 2.27. The minimum atomic E-state index is 1.31. The molecular formula is C15H24. The van der Waals surface area contributed by atoms with Gasteiger partial charge in [0.2, 0.25) is 0 Å². The Balaban J connectivity index is 1.88. The predicted octanol–water partition coefficient (Wildman–Crippen LogP) is 5.16. The van der Waals surface area contributed by atoms with Crippen LogP contribution in [0.5, 0.6) is 0 Å². The summed E-state index contributed by atoms with van der Waals surface area (Å²) in [5.41, 5.74) is 3.47. The molecule has 0 saturated heterocycles. The highest BCUT2D eigenvalue weighted by molar-refractivity contribution is 5.17. The van der Waals surface area contributed by atoms with Crippen molar-refractivity contribution in [2.45, 2.75) is 70.6 Å². The van der Waals surface area contributed by atoms with Crippen molar-refractivity contribution in [3.8, 4) is 0 Å². The summed E-state index contributed by atoms with van der Waals surface area (Å²) in [5.74, 6) is 0. The molecule has 0 aromatic heterocycles. The zero-order chi connectivity index (χ0) is 10.3. The SMILES string of the molecule is C1=C(CC2=CCCCCC2)CCCCC1. The van der Waals surface area contributed by atoms with Gasteiger partial charge in [-0.15, -0.1) is 0 Å². The minimum Gasteiger partial charge on any atom is -0.0850 e. The van der Waals surface area contributed by atoms with Crippen LogP contribution in [0.15, 0.2) is 23.3 Å². The second-order valence-corrected chi connectivity index (χ2v) is 5.10. The van der Waals surface area contributed by atoms with Crippen molar-refractivity contribution in [1.29, 1.82) is 0 Å². The van der Waals surface area contributed by atoms with Crippen molar-refractivity contribution in [3.05, 3.63) is 23.3 Å². The Morgan fingerprint density at radius 1 is 0.667 bits per heavy atom. The van der Waals surface area contributed by atoms with E-state index in [9.17, 15) is 0 Å². The molecule has 84 valence electrons. The Morgan fingerprint density at radius 2 is 1.20 bits per heavy atom. The Morgan fingerprint density at radius 3 is 1.73 bits per heavy atom. The van der Waals surface area contributed by atoms with E-state index in [0.717, 1.165) is 0 Å². The fourth-order valence-corrected chi connectivity index (χ4v) is 2.78. The summed E-state index contributed by atoms with van der Waals surface area (Å²) in [6.45, 7) is 0. The number of hydrogen-bond donors (Lipinski definition) is 0. The highest BCUT2D eigenvalue weighted by atomic mass is 14.1. The monoisotopic (exact) mass is 204 g/mol. The van der Waals surface area contributed by atoms with E-state index in [4.69, 9.17) is 0 Å². The third-order valence-electron chi connectivity index (χ3n) is 3.72. The Kier molecular flexibility index (Phi) is 4.50. The number of allylic oxidation sites excluding steroid dienone is 4. The maximum atomic E-state index is 2.53. The molecule has 0 aromatic rings. The van der Waals surface area contributed by atoms with Gasteiger partial charge in [0.15, 0.2) is 0 Å². The van der Waals surface area contributed by atoms with Crippen LogP contribution in [-0.2, 0) is 0 Å². The van der Waals surface area contributed by atoms with E-state index in [0.29, 0.717) is 0 Å². The molecule has 0 amide bonds. The van der Waals surface area contributed by atoms with Crippen LogP contribution in [0.25, 0.3) is 0 Å². The average molecular weight is 204 g/mol. The smallest absolute Gasteiger partial charge is 0.0108 e. The van der Waals surface area contributed by atoms with Crippen LogP contribution in [0.2, 0.25) is 0 Å². The molecule has 0 N–H and O–H groups in total. The van der Waals surface area contributed by atoms with Gasteiger partial charge >= 0.3 is 0 Å². The lowest BCUT2D eigenvalue weighted by atomic mass is 9.98. The van der Waals surface area contributed by atoms with Crippen molar-refractivity contribution in [3.63, 3.8) is 0 Å². The fraction of sp³-hybridized carbons (Fsp3) is 0.733.